The maximum atomic E-state index is 14.2. The highest BCUT2D eigenvalue weighted by atomic mass is 19.4. The van der Waals surface area contributed by atoms with E-state index in [9.17, 15) is 27.2 Å². The fraction of sp³-hybridized carbons (Fsp3) is 0.250. The van der Waals surface area contributed by atoms with Crippen LogP contribution in [0.1, 0.15) is 46.8 Å². The minimum atomic E-state index is -4.77. The molecule has 1 heterocycles. The molecule has 1 atom stereocenters. The number of halogens is 4. The van der Waals surface area contributed by atoms with E-state index >= 15 is 0 Å². The highest BCUT2D eigenvalue weighted by Crippen LogP contribution is 2.39. The number of benzene rings is 2. The number of fused-ring (bicyclic) bond motifs is 1. The van der Waals surface area contributed by atoms with E-state index in [-0.39, 0.29) is 34.3 Å². The third-order valence-corrected chi connectivity index (χ3v) is 4.47. The SMILES string of the molecule is CC[C@H](Oc1ccc(C(=O)O)cc1F)c1cc2c(=O)[nH]c(C)nc2cc1C(F)(F)F. The first-order chi connectivity index (χ1) is 14.0. The van der Waals surface area contributed by atoms with Crippen molar-refractivity contribution in [2.45, 2.75) is 32.5 Å². The number of hydrogen-bond donors (Lipinski definition) is 2. The molecule has 0 spiro atoms. The van der Waals surface area contributed by atoms with Gasteiger partial charge in [0.2, 0.25) is 0 Å². The maximum Gasteiger partial charge on any atom is 0.416 e. The number of aryl methyl sites for hydroxylation is 1. The van der Waals surface area contributed by atoms with E-state index in [2.05, 4.69) is 9.97 Å². The molecule has 0 radical (unpaired) electrons. The van der Waals surface area contributed by atoms with Gasteiger partial charge in [-0.25, -0.2) is 14.2 Å². The number of alkyl halides is 3. The van der Waals surface area contributed by atoms with E-state index in [1.54, 1.807) is 0 Å². The molecular formula is C20H16F4N2O4. The molecule has 0 aliphatic rings. The summed E-state index contributed by atoms with van der Waals surface area (Å²) in [7, 11) is 0. The van der Waals surface area contributed by atoms with Crippen molar-refractivity contribution < 1.29 is 32.2 Å². The van der Waals surface area contributed by atoms with E-state index in [1.165, 1.54) is 13.8 Å². The molecule has 0 fully saturated rings. The number of carbonyl (C=O) groups is 1. The Balaban J connectivity index is 2.14. The van der Waals surface area contributed by atoms with Crippen molar-refractivity contribution >= 4 is 16.9 Å². The van der Waals surface area contributed by atoms with Crippen LogP contribution in [0, 0.1) is 12.7 Å². The molecular weight excluding hydrogens is 408 g/mol. The first-order valence-corrected chi connectivity index (χ1v) is 8.82. The number of aromatic nitrogens is 2. The number of ether oxygens (including phenoxy) is 1. The van der Waals surface area contributed by atoms with Gasteiger partial charge in [-0.05, 0) is 43.7 Å². The van der Waals surface area contributed by atoms with Crippen LogP contribution in [0.5, 0.6) is 5.75 Å². The predicted octanol–water partition coefficient (Wildman–Crippen LogP) is 4.62. The second kappa shape index (κ2) is 7.77. The largest absolute Gasteiger partial charge is 0.483 e. The van der Waals surface area contributed by atoms with E-state index < -0.39 is 40.9 Å². The third-order valence-electron chi connectivity index (χ3n) is 4.47. The molecule has 0 bridgehead atoms. The number of nitrogens with one attached hydrogen (secondary N) is 1. The van der Waals surface area contributed by atoms with Crippen molar-refractivity contribution in [3.8, 4) is 5.75 Å². The topological polar surface area (TPSA) is 92.3 Å². The van der Waals surface area contributed by atoms with Crippen LogP contribution in [-0.4, -0.2) is 21.0 Å². The lowest BCUT2D eigenvalue weighted by molar-refractivity contribution is -0.139. The predicted molar refractivity (Wildman–Crippen MR) is 99.1 cm³/mol. The Kier molecular flexibility index (Phi) is 5.51. The first kappa shape index (κ1) is 21.3. The van der Waals surface area contributed by atoms with Crippen LogP contribution in [0.2, 0.25) is 0 Å². The van der Waals surface area contributed by atoms with Crippen LogP contribution in [0.3, 0.4) is 0 Å². The zero-order valence-corrected chi connectivity index (χ0v) is 15.8. The summed E-state index contributed by atoms with van der Waals surface area (Å²) in [5, 5.41) is 8.84. The molecule has 0 aliphatic carbocycles. The van der Waals surface area contributed by atoms with E-state index in [1.807, 2.05) is 0 Å². The number of nitrogens with zero attached hydrogens (tertiary/aromatic N) is 1. The van der Waals surface area contributed by atoms with Crippen molar-refractivity contribution in [3.05, 3.63) is 69.0 Å². The molecule has 158 valence electrons. The van der Waals surface area contributed by atoms with E-state index in [4.69, 9.17) is 9.84 Å². The molecule has 0 unspecified atom stereocenters. The highest BCUT2D eigenvalue weighted by molar-refractivity contribution is 5.87. The van der Waals surface area contributed by atoms with Gasteiger partial charge < -0.3 is 14.8 Å². The Hall–Kier alpha value is -3.43. The van der Waals surface area contributed by atoms with Gasteiger partial charge in [0.25, 0.3) is 5.56 Å². The lowest BCUT2D eigenvalue weighted by Crippen LogP contribution is -2.18. The fourth-order valence-electron chi connectivity index (χ4n) is 3.08. The molecule has 0 aliphatic heterocycles. The molecule has 0 amide bonds. The van der Waals surface area contributed by atoms with Crippen molar-refractivity contribution in [3.63, 3.8) is 0 Å². The summed E-state index contributed by atoms with van der Waals surface area (Å²) in [5.41, 5.74) is -2.47. The molecule has 0 saturated carbocycles. The number of aromatic carboxylic acids is 1. The Morgan fingerprint density at radius 3 is 2.53 bits per heavy atom. The smallest absolute Gasteiger partial charge is 0.416 e. The number of rotatable bonds is 5. The van der Waals surface area contributed by atoms with Gasteiger partial charge in [0.1, 0.15) is 11.9 Å². The summed E-state index contributed by atoms with van der Waals surface area (Å²) in [6, 6.07) is 4.64. The quantitative estimate of drug-likeness (QED) is 0.584. The van der Waals surface area contributed by atoms with Crippen LogP contribution in [0.4, 0.5) is 17.6 Å². The fourth-order valence-corrected chi connectivity index (χ4v) is 3.08. The number of carboxylic acids is 1. The van der Waals surface area contributed by atoms with Crippen LogP contribution in [0.15, 0.2) is 35.1 Å². The monoisotopic (exact) mass is 424 g/mol. The second-order valence-corrected chi connectivity index (χ2v) is 6.57. The summed E-state index contributed by atoms with van der Waals surface area (Å²) in [4.78, 5) is 29.5. The molecule has 0 saturated heterocycles. The molecule has 6 nitrogen and oxygen atoms in total. The van der Waals surface area contributed by atoms with Gasteiger partial charge in [0.15, 0.2) is 11.6 Å². The Bertz CT molecular complexity index is 1190. The van der Waals surface area contributed by atoms with Gasteiger partial charge in [-0.15, -0.1) is 0 Å². The van der Waals surface area contributed by atoms with Crippen molar-refractivity contribution in [1.82, 2.24) is 9.97 Å². The molecule has 1 aromatic heterocycles. The van der Waals surface area contributed by atoms with Gasteiger partial charge in [-0.2, -0.15) is 13.2 Å². The summed E-state index contributed by atoms with van der Waals surface area (Å²) >= 11 is 0. The van der Waals surface area contributed by atoms with Gasteiger partial charge in [-0.3, -0.25) is 4.79 Å². The third kappa shape index (κ3) is 4.12. The maximum absolute atomic E-state index is 14.2. The summed E-state index contributed by atoms with van der Waals surface area (Å²) in [6.07, 6.45) is -6.01. The van der Waals surface area contributed by atoms with Gasteiger partial charge in [-0.1, -0.05) is 6.92 Å². The second-order valence-electron chi connectivity index (χ2n) is 6.57. The molecule has 2 N–H and O–H groups in total. The Labute approximate surface area is 167 Å². The van der Waals surface area contributed by atoms with Crippen molar-refractivity contribution in [2.75, 3.05) is 0 Å². The Morgan fingerprint density at radius 1 is 1.27 bits per heavy atom. The van der Waals surface area contributed by atoms with E-state index in [0.29, 0.717) is 6.07 Å². The Morgan fingerprint density at radius 2 is 1.97 bits per heavy atom. The first-order valence-electron chi connectivity index (χ1n) is 8.82. The van der Waals surface area contributed by atoms with Crippen LogP contribution >= 0.6 is 0 Å². The summed E-state index contributed by atoms with van der Waals surface area (Å²) < 4.78 is 60.9. The summed E-state index contributed by atoms with van der Waals surface area (Å²) in [5.74, 6) is -2.63. The van der Waals surface area contributed by atoms with Gasteiger partial charge >= 0.3 is 12.1 Å². The number of hydrogen-bond acceptors (Lipinski definition) is 4. The molecule has 30 heavy (non-hydrogen) atoms. The average molecular weight is 424 g/mol. The van der Waals surface area contributed by atoms with Crippen LogP contribution in [0.25, 0.3) is 10.9 Å². The van der Waals surface area contributed by atoms with Gasteiger partial charge in [0.05, 0.1) is 22.0 Å². The van der Waals surface area contributed by atoms with E-state index in [0.717, 1.165) is 24.3 Å². The molecule has 10 heteroatoms. The van der Waals surface area contributed by atoms with Crippen LogP contribution < -0.4 is 10.3 Å². The zero-order chi connectivity index (χ0) is 22.2. The number of carboxylic acid groups (broad SMARTS) is 1. The van der Waals surface area contributed by atoms with Crippen molar-refractivity contribution in [2.24, 2.45) is 0 Å². The zero-order valence-electron chi connectivity index (χ0n) is 15.8. The molecule has 3 aromatic rings. The van der Waals surface area contributed by atoms with Gasteiger partial charge in [0, 0.05) is 5.56 Å². The minimum Gasteiger partial charge on any atom is -0.483 e. The standard InChI is InChI=1S/C20H16F4N2O4/c1-3-16(30-17-5-4-10(19(28)29)6-14(17)21)11-7-12-15(8-13(11)20(22,23)24)25-9(2)26-18(12)27/h4-8,16H,3H2,1-2H3,(H,28,29)(H,25,26,27)/t16-/m0/s1. The lowest BCUT2D eigenvalue weighted by atomic mass is 9.97. The van der Waals surface area contributed by atoms with Crippen LogP contribution in [-0.2, 0) is 6.18 Å². The number of H-pyrrole nitrogens is 1. The van der Waals surface area contributed by atoms with Crippen molar-refractivity contribution in [1.29, 1.82) is 0 Å². The molecule has 2 aromatic carbocycles. The minimum absolute atomic E-state index is 0.0197. The normalized spacial score (nSPS) is 12.7. The summed E-state index contributed by atoms with van der Waals surface area (Å²) in [6.45, 7) is 2.99. The number of aromatic amines is 1. The highest BCUT2D eigenvalue weighted by Gasteiger charge is 2.36. The molecule has 3 rings (SSSR count). The lowest BCUT2D eigenvalue weighted by Gasteiger charge is -2.23. The average Bonchev–Trinajstić information content (AvgIpc) is 2.65.